The highest BCUT2D eigenvalue weighted by Gasteiger charge is 2.39. The second-order valence-corrected chi connectivity index (χ2v) is 8.26. The summed E-state index contributed by atoms with van der Waals surface area (Å²) in [4.78, 5) is 5.30. The SMILES string of the molecule is O[C@H](c1cc(C(F)(F)F)nc2c(C(F)(F)F)cccc12)C1CCCCN1Cc1ccccc1. The van der Waals surface area contributed by atoms with E-state index in [0.717, 1.165) is 24.5 Å². The molecule has 0 radical (unpaired) electrons. The predicted molar refractivity (Wildman–Crippen MR) is 111 cm³/mol. The summed E-state index contributed by atoms with van der Waals surface area (Å²) in [5.41, 5.74) is -2.73. The molecule has 1 aromatic heterocycles. The van der Waals surface area contributed by atoms with E-state index in [1.807, 2.05) is 35.2 Å². The van der Waals surface area contributed by atoms with Crippen LogP contribution < -0.4 is 0 Å². The number of rotatable bonds is 4. The fourth-order valence-electron chi connectivity index (χ4n) is 4.49. The molecule has 9 heteroatoms. The number of para-hydroxylation sites is 1. The van der Waals surface area contributed by atoms with Gasteiger partial charge in [0.15, 0.2) is 0 Å². The van der Waals surface area contributed by atoms with Gasteiger partial charge in [-0.25, -0.2) is 4.98 Å². The van der Waals surface area contributed by atoms with Crippen LogP contribution in [0.1, 0.15) is 47.8 Å². The van der Waals surface area contributed by atoms with Crippen molar-refractivity contribution in [3.63, 3.8) is 0 Å². The first-order valence-electron chi connectivity index (χ1n) is 10.6. The lowest BCUT2D eigenvalue weighted by Crippen LogP contribution is -2.42. The van der Waals surface area contributed by atoms with Gasteiger partial charge in [-0.2, -0.15) is 26.3 Å². The van der Waals surface area contributed by atoms with Crippen molar-refractivity contribution < 1.29 is 31.4 Å². The molecule has 1 aliphatic heterocycles. The van der Waals surface area contributed by atoms with Gasteiger partial charge in [-0.3, -0.25) is 4.90 Å². The summed E-state index contributed by atoms with van der Waals surface area (Å²) in [6.45, 7) is 1.10. The zero-order chi connectivity index (χ0) is 23.8. The van der Waals surface area contributed by atoms with Crippen LogP contribution in [-0.4, -0.2) is 27.6 Å². The van der Waals surface area contributed by atoms with Crippen LogP contribution >= 0.6 is 0 Å². The quantitative estimate of drug-likeness (QED) is 0.453. The Balaban J connectivity index is 1.81. The van der Waals surface area contributed by atoms with Crippen LogP contribution in [0.25, 0.3) is 10.9 Å². The monoisotopic (exact) mass is 468 g/mol. The van der Waals surface area contributed by atoms with Crippen molar-refractivity contribution >= 4 is 10.9 Å². The van der Waals surface area contributed by atoms with E-state index in [1.165, 1.54) is 6.07 Å². The van der Waals surface area contributed by atoms with Crippen LogP contribution in [0.15, 0.2) is 54.6 Å². The van der Waals surface area contributed by atoms with Gasteiger partial charge in [-0.1, -0.05) is 48.9 Å². The molecule has 0 saturated carbocycles. The number of nitrogens with zero attached hydrogens (tertiary/aromatic N) is 2. The van der Waals surface area contributed by atoms with Crippen molar-refractivity contribution in [2.45, 2.75) is 50.3 Å². The number of likely N-dealkylation sites (tertiary alicyclic amines) is 1. The molecule has 2 heterocycles. The topological polar surface area (TPSA) is 36.4 Å². The molecule has 0 spiro atoms. The first-order valence-corrected chi connectivity index (χ1v) is 10.6. The normalized spacial score (nSPS) is 19.1. The lowest BCUT2D eigenvalue weighted by Gasteiger charge is -2.39. The Morgan fingerprint density at radius 2 is 1.67 bits per heavy atom. The molecule has 1 saturated heterocycles. The highest BCUT2D eigenvalue weighted by atomic mass is 19.4. The molecular weight excluding hydrogens is 446 g/mol. The number of hydrogen-bond acceptors (Lipinski definition) is 3. The number of aromatic nitrogens is 1. The van der Waals surface area contributed by atoms with Crippen LogP contribution in [0.5, 0.6) is 0 Å². The van der Waals surface area contributed by atoms with Crippen LogP contribution in [0.4, 0.5) is 26.3 Å². The first kappa shape index (κ1) is 23.5. The fourth-order valence-corrected chi connectivity index (χ4v) is 4.49. The van der Waals surface area contributed by atoms with E-state index in [9.17, 15) is 31.4 Å². The van der Waals surface area contributed by atoms with E-state index in [0.29, 0.717) is 31.6 Å². The van der Waals surface area contributed by atoms with Crippen molar-refractivity contribution in [1.29, 1.82) is 0 Å². The Kier molecular flexibility index (Phi) is 6.37. The van der Waals surface area contributed by atoms with Gasteiger partial charge in [0.2, 0.25) is 0 Å². The van der Waals surface area contributed by atoms with Crippen LogP contribution in [0.2, 0.25) is 0 Å². The maximum Gasteiger partial charge on any atom is 0.433 e. The van der Waals surface area contributed by atoms with Gasteiger partial charge in [0.25, 0.3) is 0 Å². The smallest absolute Gasteiger partial charge is 0.387 e. The molecule has 3 nitrogen and oxygen atoms in total. The Bertz CT molecular complexity index is 1110. The Morgan fingerprint density at radius 1 is 0.939 bits per heavy atom. The number of benzene rings is 2. The average Bonchev–Trinajstić information content (AvgIpc) is 2.77. The Hall–Kier alpha value is -2.65. The molecule has 2 aromatic carbocycles. The molecular formula is C24H22F6N2O. The van der Waals surface area contributed by atoms with E-state index in [1.54, 1.807) is 0 Å². The minimum absolute atomic E-state index is 0.129. The summed E-state index contributed by atoms with van der Waals surface area (Å²) < 4.78 is 81.3. The minimum Gasteiger partial charge on any atom is -0.387 e. The van der Waals surface area contributed by atoms with Gasteiger partial charge < -0.3 is 5.11 Å². The summed E-state index contributed by atoms with van der Waals surface area (Å²) in [6.07, 6.45) is -9.13. The zero-order valence-corrected chi connectivity index (χ0v) is 17.5. The second-order valence-electron chi connectivity index (χ2n) is 8.26. The summed E-state index contributed by atoms with van der Waals surface area (Å²) in [5, 5.41) is 11.1. The molecule has 1 fully saturated rings. The van der Waals surface area contributed by atoms with Gasteiger partial charge in [-0.05, 0) is 42.6 Å². The van der Waals surface area contributed by atoms with Crippen LogP contribution in [0.3, 0.4) is 0 Å². The van der Waals surface area contributed by atoms with Gasteiger partial charge in [0, 0.05) is 18.0 Å². The largest absolute Gasteiger partial charge is 0.433 e. The number of aliphatic hydroxyl groups is 1. The van der Waals surface area contributed by atoms with Crippen molar-refractivity contribution in [3.05, 3.63) is 77.0 Å². The standard InChI is InChI=1S/C24H22F6N2O/c25-23(26,27)18-10-6-9-16-17(13-20(24(28,29)30)31-21(16)18)22(33)19-11-4-5-12-32(19)14-15-7-2-1-3-8-15/h1-3,6-10,13,19,22,33H,4-5,11-12,14H2/t19?,22-/m1/s1. The van der Waals surface area contributed by atoms with Crippen molar-refractivity contribution in [2.24, 2.45) is 0 Å². The molecule has 4 rings (SSSR count). The van der Waals surface area contributed by atoms with Crippen LogP contribution in [0, 0.1) is 0 Å². The molecule has 33 heavy (non-hydrogen) atoms. The Labute approximate surface area is 186 Å². The number of pyridine rings is 1. The van der Waals surface area contributed by atoms with Gasteiger partial charge >= 0.3 is 12.4 Å². The number of piperidine rings is 1. The maximum absolute atomic E-state index is 13.6. The molecule has 0 bridgehead atoms. The molecule has 1 aliphatic rings. The predicted octanol–water partition coefficient (Wildman–Crippen LogP) is 6.36. The number of aliphatic hydroxyl groups excluding tert-OH is 1. The minimum atomic E-state index is -4.96. The zero-order valence-electron chi connectivity index (χ0n) is 17.5. The van der Waals surface area contributed by atoms with Gasteiger partial charge in [0.05, 0.1) is 17.2 Å². The lowest BCUT2D eigenvalue weighted by atomic mass is 9.90. The summed E-state index contributed by atoms with van der Waals surface area (Å²) in [7, 11) is 0. The van der Waals surface area contributed by atoms with Crippen molar-refractivity contribution in [1.82, 2.24) is 9.88 Å². The summed E-state index contributed by atoms with van der Waals surface area (Å²) >= 11 is 0. The first-order chi connectivity index (χ1) is 15.6. The molecule has 0 aliphatic carbocycles. The Morgan fingerprint density at radius 3 is 2.33 bits per heavy atom. The van der Waals surface area contributed by atoms with E-state index in [2.05, 4.69) is 4.98 Å². The molecule has 1 N–H and O–H groups in total. The number of fused-ring (bicyclic) bond motifs is 1. The van der Waals surface area contributed by atoms with Gasteiger partial charge in [-0.15, -0.1) is 0 Å². The maximum atomic E-state index is 13.6. The number of alkyl halides is 6. The third-order valence-corrected chi connectivity index (χ3v) is 6.04. The molecule has 176 valence electrons. The van der Waals surface area contributed by atoms with Crippen molar-refractivity contribution in [3.8, 4) is 0 Å². The molecule has 0 amide bonds. The van der Waals surface area contributed by atoms with E-state index >= 15 is 0 Å². The average molecular weight is 468 g/mol. The highest BCUT2D eigenvalue weighted by Crippen LogP contribution is 2.41. The third-order valence-electron chi connectivity index (χ3n) is 6.04. The molecule has 1 unspecified atom stereocenters. The summed E-state index contributed by atoms with van der Waals surface area (Å²) in [6, 6.07) is 12.7. The summed E-state index contributed by atoms with van der Waals surface area (Å²) in [5.74, 6) is 0. The third kappa shape index (κ3) is 4.99. The lowest BCUT2D eigenvalue weighted by molar-refractivity contribution is -0.142. The molecule has 3 aromatic rings. The number of halogens is 6. The fraction of sp³-hybridized carbons (Fsp3) is 0.375. The van der Waals surface area contributed by atoms with Gasteiger partial charge in [0.1, 0.15) is 5.69 Å². The van der Waals surface area contributed by atoms with Crippen LogP contribution in [-0.2, 0) is 18.9 Å². The van der Waals surface area contributed by atoms with E-state index < -0.39 is 41.3 Å². The number of hydrogen-bond donors (Lipinski definition) is 1. The van der Waals surface area contributed by atoms with E-state index in [-0.39, 0.29) is 10.9 Å². The highest BCUT2D eigenvalue weighted by molar-refractivity contribution is 5.86. The molecule has 2 atom stereocenters. The van der Waals surface area contributed by atoms with Crippen molar-refractivity contribution in [2.75, 3.05) is 6.54 Å². The van der Waals surface area contributed by atoms with E-state index in [4.69, 9.17) is 0 Å². The second kappa shape index (κ2) is 8.95.